The van der Waals surface area contributed by atoms with Crippen LogP contribution in [0.5, 0.6) is 0 Å². The molecule has 0 nitrogen and oxygen atoms in total. The highest BCUT2D eigenvalue weighted by molar-refractivity contribution is 5.75. The summed E-state index contributed by atoms with van der Waals surface area (Å²) in [6, 6.07) is 19.6. The predicted octanol–water partition coefficient (Wildman–Crippen LogP) is 11.0. The summed E-state index contributed by atoms with van der Waals surface area (Å²) in [5.74, 6) is 0.974. The normalized spacial score (nSPS) is 10.9. The highest BCUT2D eigenvalue weighted by Gasteiger charge is 2.17. The van der Waals surface area contributed by atoms with Gasteiger partial charge in [-0.05, 0) is 96.1 Å². The van der Waals surface area contributed by atoms with Crippen LogP contribution in [0.15, 0.2) is 84.9 Å². The molecule has 0 amide bonds. The van der Waals surface area contributed by atoms with E-state index in [1.165, 1.54) is 36.4 Å². The lowest BCUT2D eigenvalue weighted by Crippen LogP contribution is -1.96. The van der Waals surface area contributed by atoms with Gasteiger partial charge in [-0.1, -0.05) is 68.0 Å². The van der Waals surface area contributed by atoms with Crippen LogP contribution in [0.4, 0.5) is 26.3 Å². The Morgan fingerprint density at radius 1 is 0.523 bits per heavy atom. The quantitative estimate of drug-likeness (QED) is 0.0993. The Morgan fingerprint density at radius 3 is 1.73 bits per heavy atom. The van der Waals surface area contributed by atoms with Crippen LogP contribution in [0.25, 0.3) is 33.4 Å². The van der Waals surface area contributed by atoms with Gasteiger partial charge in [0.2, 0.25) is 0 Å². The molecule has 0 aliphatic heterocycles. The van der Waals surface area contributed by atoms with E-state index in [9.17, 15) is 17.6 Å². The van der Waals surface area contributed by atoms with Gasteiger partial charge in [-0.2, -0.15) is 0 Å². The lowest BCUT2D eigenvalue weighted by atomic mass is 9.95. The molecular formula is C38H28F6. The summed E-state index contributed by atoms with van der Waals surface area (Å²) in [6.45, 7) is 3.68. The van der Waals surface area contributed by atoms with Crippen molar-refractivity contribution in [2.24, 2.45) is 0 Å². The van der Waals surface area contributed by atoms with E-state index in [2.05, 4.69) is 11.8 Å². The highest BCUT2D eigenvalue weighted by Crippen LogP contribution is 2.34. The minimum Gasteiger partial charge on any atom is -0.206 e. The first-order chi connectivity index (χ1) is 21.1. The van der Waals surface area contributed by atoms with Crippen LogP contribution < -0.4 is 0 Å². The third-order valence-corrected chi connectivity index (χ3v) is 7.51. The Morgan fingerprint density at radius 2 is 1.09 bits per heavy atom. The molecule has 0 N–H and O–H groups in total. The molecule has 5 aromatic carbocycles. The lowest BCUT2D eigenvalue weighted by Gasteiger charge is -2.12. The molecule has 0 unspecified atom stereocenters. The van der Waals surface area contributed by atoms with Crippen LogP contribution >= 0.6 is 0 Å². The minimum atomic E-state index is -0.976. The second kappa shape index (κ2) is 13.3. The van der Waals surface area contributed by atoms with Crippen molar-refractivity contribution in [2.75, 3.05) is 0 Å². The van der Waals surface area contributed by atoms with Crippen molar-refractivity contribution < 1.29 is 26.3 Å². The number of halogens is 6. The summed E-state index contributed by atoms with van der Waals surface area (Å²) in [5.41, 5.74) is 2.98. The molecule has 0 aromatic heterocycles. The molecule has 5 aromatic rings. The Labute approximate surface area is 253 Å². The number of rotatable bonds is 7. The molecule has 0 radical (unpaired) electrons. The second-order valence-electron chi connectivity index (χ2n) is 10.7. The molecule has 5 rings (SSSR count). The molecule has 0 aliphatic rings. The van der Waals surface area contributed by atoms with Gasteiger partial charge in [-0.15, -0.1) is 0 Å². The lowest BCUT2D eigenvalue weighted by molar-refractivity contribution is 0.507. The van der Waals surface area contributed by atoms with Gasteiger partial charge in [0.15, 0.2) is 11.6 Å². The summed E-state index contributed by atoms with van der Waals surface area (Å²) in [4.78, 5) is 0. The fourth-order valence-corrected chi connectivity index (χ4v) is 5.10. The Balaban J connectivity index is 1.35. The average Bonchev–Trinajstić information content (AvgIpc) is 2.98. The van der Waals surface area contributed by atoms with Gasteiger partial charge >= 0.3 is 0 Å². The topological polar surface area (TPSA) is 0 Å². The van der Waals surface area contributed by atoms with E-state index in [1.54, 1.807) is 37.3 Å². The molecule has 0 heterocycles. The van der Waals surface area contributed by atoms with Gasteiger partial charge < -0.3 is 0 Å². The maximum Gasteiger partial charge on any atom is 0.160 e. The molecule has 222 valence electrons. The second-order valence-corrected chi connectivity index (χ2v) is 10.7. The third-order valence-electron chi connectivity index (χ3n) is 7.51. The Bertz CT molecular complexity index is 1870. The molecule has 0 saturated heterocycles. The molecule has 0 aliphatic carbocycles. The van der Waals surface area contributed by atoms with Crippen LogP contribution in [0.2, 0.25) is 0 Å². The van der Waals surface area contributed by atoms with Crippen molar-refractivity contribution >= 4 is 0 Å². The van der Waals surface area contributed by atoms with E-state index >= 15 is 8.78 Å². The number of hydrogen-bond acceptors (Lipinski definition) is 0. The molecule has 0 fully saturated rings. The fraction of sp³-hybridized carbons (Fsp3) is 0.158. The van der Waals surface area contributed by atoms with Gasteiger partial charge in [0, 0.05) is 22.3 Å². The maximum atomic E-state index is 15.2. The van der Waals surface area contributed by atoms with Gasteiger partial charge in [-0.25, -0.2) is 26.3 Å². The molecule has 0 bridgehead atoms. The first-order valence-corrected chi connectivity index (χ1v) is 14.3. The molecule has 0 atom stereocenters. The van der Waals surface area contributed by atoms with Crippen LogP contribution in [0.1, 0.15) is 48.4 Å². The maximum absolute atomic E-state index is 15.2. The Hall–Kier alpha value is -4.76. The average molecular weight is 599 g/mol. The van der Waals surface area contributed by atoms with Crippen LogP contribution in [-0.2, 0) is 6.42 Å². The molecular weight excluding hydrogens is 570 g/mol. The predicted molar refractivity (Wildman–Crippen MR) is 163 cm³/mol. The number of unbranched alkanes of at least 4 members (excludes halogenated alkanes) is 2. The zero-order valence-corrected chi connectivity index (χ0v) is 24.2. The Kier molecular flexibility index (Phi) is 9.25. The van der Waals surface area contributed by atoms with Crippen molar-refractivity contribution in [1.29, 1.82) is 0 Å². The third kappa shape index (κ3) is 6.73. The summed E-state index contributed by atoms with van der Waals surface area (Å²) >= 11 is 0. The van der Waals surface area contributed by atoms with Gasteiger partial charge in [-0.3, -0.25) is 0 Å². The largest absolute Gasteiger partial charge is 0.206 e. The first kappa shape index (κ1) is 30.7. The molecule has 6 heteroatoms. The minimum absolute atomic E-state index is 0.0568. The summed E-state index contributed by atoms with van der Waals surface area (Å²) in [6.07, 6.45) is 3.35. The van der Waals surface area contributed by atoms with Gasteiger partial charge in [0.25, 0.3) is 0 Å². The van der Waals surface area contributed by atoms with Crippen LogP contribution in [0, 0.1) is 53.7 Å². The van der Waals surface area contributed by atoms with Crippen molar-refractivity contribution in [3.63, 3.8) is 0 Å². The van der Waals surface area contributed by atoms with Crippen LogP contribution in [-0.4, -0.2) is 0 Å². The van der Waals surface area contributed by atoms with Gasteiger partial charge in [0.1, 0.15) is 23.3 Å². The van der Waals surface area contributed by atoms with Crippen molar-refractivity contribution in [3.8, 4) is 45.2 Å². The number of aryl methyl sites for hydroxylation is 2. The number of benzene rings is 5. The van der Waals surface area contributed by atoms with E-state index in [0.29, 0.717) is 34.2 Å². The van der Waals surface area contributed by atoms with E-state index in [-0.39, 0.29) is 27.8 Å². The fourth-order valence-electron chi connectivity index (χ4n) is 5.10. The van der Waals surface area contributed by atoms with E-state index in [4.69, 9.17) is 0 Å². The number of hydrogen-bond donors (Lipinski definition) is 0. The highest BCUT2D eigenvalue weighted by atomic mass is 19.2. The summed E-state index contributed by atoms with van der Waals surface area (Å²) in [5, 5.41) is 0. The summed E-state index contributed by atoms with van der Waals surface area (Å²) in [7, 11) is 0. The zero-order valence-electron chi connectivity index (χ0n) is 24.2. The van der Waals surface area contributed by atoms with Crippen molar-refractivity contribution in [3.05, 3.63) is 142 Å². The van der Waals surface area contributed by atoms with Crippen molar-refractivity contribution in [2.45, 2.75) is 39.5 Å². The van der Waals surface area contributed by atoms with Crippen molar-refractivity contribution in [1.82, 2.24) is 0 Å². The van der Waals surface area contributed by atoms with Gasteiger partial charge in [0.05, 0.1) is 5.56 Å². The standard InChI is InChI=1S/C38H28F6/c1-3-4-5-6-25-18-36(43)38(37(44)19-25)29-14-16-31(33(40)22-29)28-13-15-30(32(39)21-28)26-10-7-24(8-11-26)9-12-27-20-35(42)34(41)17-23(27)2/h7-8,10-11,13-22H,3-6H2,1-2H3. The van der Waals surface area contributed by atoms with E-state index in [0.717, 1.165) is 37.5 Å². The summed E-state index contributed by atoms with van der Waals surface area (Å²) < 4.78 is 87.1. The molecule has 0 spiro atoms. The van der Waals surface area contributed by atoms with E-state index in [1.807, 2.05) is 6.92 Å². The SMILES string of the molecule is CCCCCc1cc(F)c(-c2ccc(-c3ccc(-c4ccc(C#Cc5cc(F)c(F)cc5C)cc4)c(F)c3)c(F)c2)c(F)c1. The van der Waals surface area contributed by atoms with E-state index < -0.39 is 34.9 Å². The zero-order chi connectivity index (χ0) is 31.4. The molecule has 0 saturated carbocycles. The monoisotopic (exact) mass is 598 g/mol. The smallest absolute Gasteiger partial charge is 0.160 e. The first-order valence-electron chi connectivity index (χ1n) is 14.3. The van der Waals surface area contributed by atoms with Crippen LogP contribution in [0.3, 0.4) is 0 Å². The molecule has 44 heavy (non-hydrogen) atoms.